The molecular formula is C11H13BrN2O2S. The van der Waals surface area contributed by atoms with Crippen LogP contribution in [0, 0.1) is 12.8 Å². The normalized spacial score (nSPS) is 19.6. The monoisotopic (exact) mass is 316 g/mol. The molecule has 0 spiro atoms. The maximum absolute atomic E-state index is 12.2. The van der Waals surface area contributed by atoms with E-state index in [1.165, 1.54) is 0 Å². The van der Waals surface area contributed by atoms with Crippen molar-refractivity contribution < 1.29 is 9.59 Å². The van der Waals surface area contributed by atoms with Crippen LogP contribution in [0.5, 0.6) is 0 Å². The fourth-order valence-corrected chi connectivity index (χ4v) is 3.74. The molecule has 2 rings (SSSR count). The van der Waals surface area contributed by atoms with Crippen LogP contribution in [0.25, 0.3) is 0 Å². The van der Waals surface area contributed by atoms with E-state index in [-0.39, 0.29) is 17.7 Å². The molecule has 6 heteroatoms. The first-order valence-electron chi connectivity index (χ1n) is 5.33. The van der Waals surface area contributed by atoms with E-state index in [0.717, 1.165) is 8.66 Å². The molecule has 1 saturated heterocycles. The van der Waals surface area contributed by atoms with E-state index in [1.54, 1.807) is 16.2 Å². The number of rotatable bonds is 2. The summed E-state index contributed by atoms with van der Waals surface area (Å²) in [7, 11) is 0. The van der Waals surface area contributed by atoms with Gasteiger partial charge in [0.2, 0.25) is 5.91 Å². The zero-order valence-electron chi connectivity index (χ0n) is 9.40. The molecule has 0 aromatic carbocycles. The number of nitrogens with two attached hydrogens (primary N) is 1. The summed E-state index contributed by atoms with van der Waals surface area (Å²) in [6, 6.07) is 1.87. The Hall–Kier alpha value is -0.880. The Morgan fingerprint density at radius 1 is 1.59 bits per heavy atom. The first kappa shape index (κ1) is 12.6. The van der Waals surface area contributed by atoms with Crippen molar-refractivity contribution in [1.29, 1.82) is 0 Å². The minimum Gasteiger partial charge on any atom is -0.369 e. The number of hydrogen-bond donors (Lipinski definition) is 1. The summed E-state index contributed by atoms with van der Waals surface area (Å²) in [6.07, 6.45) is 0.668. The van der Waals surface area contributed by atoms with Crippen molar-refractivity contribution in [3.05, 3.63) is 20.3 Å². The van der Waals surface area contributed by atoms with Crippen LogP contribution < -0.4 is 5.73 Å². The molecule has 1 unspecified atom stereocenters. The highest BCUT2D eigenvalue weighted by Crippen LogP contribution is 2.30. The van der Waals surface area contributed by atoms with Crippen LogP contribution in [0.3, 0.4) is 0 Å². The maximum Gasteiger partial charge on any atom is 0.255 e. The van der Waals surface area contributed by atoms with Crippen LogP contribution in [0.1, 0.15) is 21.7 Å². The zero-order valence-corrected chi connectivity index (χ0v) is 11.8. The van der Waals surface area contributed by atoms with E-state index in [4.69, 9.17) is 5.73 Å². The minimum absolute atomic E-state index is 0.0232. The summed E-state index contributed by atoms with van der Waals surface area (Å²) in [4.78, 5) is 26.0. The predicted octanol–water partition coefficient (Wildman–Crippen LogP) is 1.77. The number of primary amides is 1. The van der Waals surface area contributed by atoms with Crippen molar-refractivity contribution in [1.82, 2.24) is 4.90 Å². The Bertz CT molecular complexity index is 472. The molecule has 1 aromatic rings. The van der Waals surface area contributed by atoms with Crippen molar-refractivity contribution in [2.24, 2.45) is 11.7 Å². The number of carbonyl (C=O) groups is 2. The molecule has 1 atom stereocenters. The van der Waals surface area contributed by atoms with E-state index < -0.39 is 0 Å². The average Bonchev–Trinajstić information content (AvgIpc) is 2.84. The topological polar surface area (TPSA) is 63.4 Å². The molecule has 2 N–H and O–H groups in total. The zero-order chi connectivity index (χ0) is 12.6. The van der Waals surface area contributed by atoms with Gasteiger partial charge in [0.1, 0.15) is 0 Å². The molecular weight excluding hydrogens is 304 g/mol. The SMILES string of the molecule is Cc1cc(C(=O)N2CCC(C(N)=O)C2)c(Br)s1. The fraction of sp³-hybridized carbons (Fsp3) is 0.455. The molecule has 17 heavy (non-hydrogen) atoms. The van der Waals surface area contributed by atoms with E-state index in [9.17, 15) is 9.59 Å². The second-order valence-corrected chi connectivity index (χ2v) is 6.76. The quantitative estimate of drug-likeness (QED) is 0.903. The van der Waals surface area contributed by atoms with Gasteiger partial charge in [0.05, 0.1) is 15.3 Å². The summed E-state index contributed by atoms with van der Waals surface area (Å²) in [6.45, 7) is 3.01. The highest BCUT2D eigenvalue weighted by Gasteiger charge is 2.31. The number of halogens is 1. The lowest BCUT2D eigenvalue weighted by molar-refractivity contribution is -0.121. The largest absolute Gasteiger partial charge is 0.369 e. The average molecular weight is 317 g/mol. The van der Waals surface area contributed by atoms with Crippen LogP contribution in [0.2, 0.25) is 0 Å². The van der Waals surface area contributed by atoms with Gasteiger partial charge in [-0.25, -0.2) is 0 Å². The number of amides is 2. The summed E-state index contributed by atoms with van der Waals surface area (Å²) >= 11 is 4.93. The maximum atomic E-state index is 12.2. The van der Waals surface area contributed by atoms with Gasteiger partial charge in [0.25, 0.3) is 5.91 Å². The Morgan fingerprint density at radius 3 is 2.76 bits per heavy atom. The highest BCUT2D eigenvalue weighted by atomic mass is 79.9. The highest BCUT2D eigenvalue weighted by molar-refractivity contribution is 9.11. The summed E-state index contributed by atoms with van der Waals surface area (Å²) in [5.41, 5.74) is 5.93. The Morgan fingerprint density at radius 2 is 2.29 bits per heavy atom. The number of thiophene rings is 1. The van der Waals surface area contributed by atoms with Crippen LogP contribution in [0.15, 0.2) is 9.85 Å². The second kappa shape index (κ2) is 4.78. The van der Waals surface area contributed by atoms with Crippen LogP contribution in [0.4, 0.5) is 0 Å². The number of aryl methyl sites for hydroxylation is 1. The third-order valence-corrected chi connectivity index (χ3v) is 4.67. The number of nitrogens with zero attached hydrogens (tertiary/aromatic N) is 1. The van der Waals surface area contributed by atoms with Gasteiger partial charge in [-0.05, 0) is 35.3 Å². The smallest absolute Gasteiger partial charge is 0.255 e. The van der Waals surface area contributed by atoms with Gasteiger partial charge in [-0.15, -0.1) is 11.3 Å². The molecule has 92 valence electrons. The molecule has 1 aliphatic heterocycles. The molecule has 4 nitrogen and oxygen atoms in total. The van der Waals surface area contributed by atoms with Crippen LogP contribution >= 0.6 is 27.3 Å². The van der Waals surface area contributed by atoms with Crippen molar-refractivity contribution in [3.63, 3.8) is 0 Å². The Balaban J connectivity index is 2.12. The van der Waals surface area contributed by atoms with E-state index >= 15 is 0 Å². The fourth-order valence-electron chi connectivity index (χ4n) is 1.98. The molecule has 0 saturated carbocycles. The summed E-state index contributed by atoms with van der Waals surface area (Å²) in [5.74, 6) is -0.539. The lowest BCUT2D eigenvalue weighted by Crippen LogP contribution is -2.31. The van der Waals surface area contributed by atoms with Crippen molar-refractivity contribution >= 4 is 39.1 Å². The first-order chi connectivity index (χ1) is 7.99. The lowest BCUT2D eigenvalue weighted by Gasteiger charge is -2.15. The molecule has 1 aromatic heterocycles. The van der Waals surface area contributed by atoms with E-state index in [1.807, 2.05) is 13.0 Å². The van der Waals surface area contributed by atoms with Crippen LogP contribution in [-0.4, -0.2) is 29.8 Å². The van der Waals surface area contributed by atoms with Gasteiger partial charge in [-0.1, -0.05) is 0 Å². The van der Waals surface area contributed by atoms with Gasteiger partial charge >= 0.3 is 0 Å². The van der Waals surface area contributed by atoms with Gasteiger partial charge in [0, 0.05) is 18.0 Å². The minimum atomic E-state index is -0.319. The Kier molecular flexibility index (Phi) is 3.53. The molecule has 0 radical (unpaired) electrons. The lowest BCUT2D eigenvalue weighted by atomic mass is 10.1. The summed E-state index contributed by atoms with van der Waals surface area (Å²) in [5, 5.41) is 0. The predicted molar refractivity (Wildman–Crippen MR) is 70.0 cm³/mol. The second-order valence-electron chi connectivity index (χ2n) is 4.18. The molecule has 2 heterocycles. The molecule has 2 amide bonds. The van der Waals surface area contributed by atoms with Crippen molar-refractivity contribution in [2.75, 3.05) is 13.1 Å². The van der Waals surface area contributed by atoms with Gasteiger partial charge < -0.3 is 10.6 Å². The third kappa shape index (κ3) is 2.52. The van der Waals surface area contributed by atoms with Crippen molar-refractivity contribution in [2.45, 2.75) is 13.3 Å². The van der Waals surface area contributed by atoms with Gasteiger partial charge in [-0.3, -0.25) is 9.59 Å². The summed E-state index contributed by atoms with van der Waals surface area (Å²) < 4.78 is 0.850. The third-order valence-electron chi connectivity index (χ3n) is 2.92. The van der Waals surface area contributed by atoms with Gasteiger partial charge in [0.15, 0.2) is 0 Å². The molecule has 1 fully saturated rings. The standard InChI is InChI=1S/C11H13BrN2O2S/c1-6-4-8(9(12)17-6)11(16)14-3-2-7(5-14)10(13)15/h4,7H,2-3,5H2,1H3,(H2,13,15). The molecule has 1 aliphatic rings. The number of hydrogen-bond acceptors (Lipinski definition) is 3. The molecule has 0 bridgehead atoms. The number of carbonyl (C=O) groups excluding carboxylic acids is 2. The van der Waals surface area contributed by atoms with Crippen molar-refractivity contribution in [3.8, 4) is 0 Å². The van der Waals surface area contributed by atoms with Crippen LogP contribution in [-0.2, 0) is 4.79 Å². The van der Waals surface area contributed by atoms with E-state index in [2.05, 4.69) is 15.9 Å². The number of likely N-dealkylation sites (tertiary alicyclic amines) is 1. The van der Waals surface area contributed by atoms with Gasteiger partial charge in [-0.2, -0.15) is 0 Å². The molecule has 0 aliphatic carbocycles. The van der Waals surface area contributed by atoms with E-state index in [0.29, 0.717) is 25.1 Å². The first-order valence-corrected chi connectivity index (χ1v) is 6.94. The Labute approximate surface area is 112 Å².